The number of fused-ring (bicyclic) bond motifs is 1. The molecule has 1 aromatic heterocycles. The number of hydrogen-bond donors (Lipinski definition) is 1. The van der Waals surface area contributed by atoms with Crippen LogP contribution in [-0.4, -0.2) is 9.78 Å². The van der Waals surface area contributed by atoms with Gasteiger partial charge in [0.25, 0.3) is 0 Å². The number of nitrogens with two attached hydrogens (primary N) is 1. The second-order valence-corrected chi connectivity index (χ2v) is 4.66. The van der Waals surface area contributed by atoms with Crippen molar-refractivity contribution in [2.45, 2.75) is 13.8 Å². The normalized spacial score (nSPS) is 10.4. The smallest absolute Gasteiger partial charge is 0.0761 e. The number of hydrogen-bond acceptors (Lipinski definition) is 2. The topological polar surface area (TPSA) is 43.8 Å². The summed E-state index contributed by atoms with van der Waals surface area (Å²) < 4.78 is 1.93. The number of nitrogens with zero attached hydrogens (tertiary/aromatic N) is 2. The van der Waals surface area contributed by atoms with Gasteiger partial charge in [-0.15, -0.1) is 12.4 Å². The van der Waals surface area contributed by atoms with Crippen LogP contribution in [0, 0.1) is 13.8 Å². The number of nitrogen functional groups attached to an aromatic ring is 1. The molecule has 1 heterocycles. The summed E-state index contributed by atoms with van der Waals surface area (Å²) >= 11 is 0. The lowest BCUT2D eigenvalue weighted by molar-refractivity contribution is 0.909. The van der Waals surface area contributed by atoms with Crippen LogP contribution in [0.2, 0.25) is 0 Å². The minimum atomic E-state index is 0. The molecule has 2 N–H and O–H groups in total. The Morgan fingerprint density at radius 1 is 1.11 bits per heavy atom. The van der Waals surface area contributed by atoms with Gasteiger partial charge in [0.05, 0.1) is 17.4 Å². The maximum atomic E-state index is 5.98. The Labute approximate surface area is 118 Å². The van der Waals surface area contributed by atoms with Crippen LogP contribution in [-0.2, 0) is 0 Å². The molecule has 4 heteroatoms. The number of benzene rings is 2. The molecule has 3 rings (SSSR count). The number of aryl methyl sites for hydroxylation is 2. The van der Waals surface area contributed by atoms with Gasteiger partial charge in [0.1, 0.15) is 0 Å². The summed E-state index contributed by atoms with van der Waals surface area (Å²) in [5.74, 6) is 0. The van der Waals surface area contributed by atoms with Gasteiger partial charge < -0.3 is 5.73 Å². The molecule has 0 bridgehead atoms. The van der Waals surface area contributed by atoms with Crippen molar-refractivity contribution in [1.82, 2.24) is 9.78 Å². The van der Waals surface area contributed by atoms with E-state index in [1.165, 1.54) is 5.56 Å². The molecule has 98 valence electrons. The molecule has 0 spiro atoms. The SMILES string of the molecule is Cc1cccc(-n2ncc3cc(C)c(N)cc32)c1.Cl. The summed E-state index contributed by atoms with van der Waals surface area (Å²) in [6.45, 7) is 4.09. The third kappa shape index (κ3) is 2.29. The monoisotopic (exact) mass is 273 g/mol. The Kier molecular flexibility index (Phi) is 3.49. The highest BCUT2D eigenvalue weighted by Gasteiger charge is 2.07. The molecular formula is C15H16ClN3. The molecule has 2 aromatic carbocycles. The minimum Gasteiger partial charge on any atom is -0.398 e. The first-order valence-corrected chi connectivity index (χ1v) is 5.96. The van der Waals surface area contributed by atoms with Gasteiger partial charge in [0.15, 0.2) is 0 Å². The largest absolute Gasteiger partial charge is 0.398 e. The Bertz CT molecular complexity index is 731. The van der Waals surface area contributed by atoms with Crippen molar-refractivity contribution in [3.8, 4) is 5.69 Å². The molecule has 3 aromatic rings. The molecule has 0 fully saturated rings. The maximum Gasteiger partial charge on any atom is 0.0761 e. The molecular weight excluding hydrogens is 258 g/mol. The summed E-state index contributed by atoms with van der Waals surface area (Å²) in [6.07, 6.45) is 1.88. The van der Waals surface area contributed by atoms with Gasteiger partial charge in [-0.25, -0.2) is 4.68 Å². The van der Waals surface area contributed by atoms with Gasteiger partial charge in [0, 0.05) is 11.1 Å². The molecule has 3 nitrogen and oxygen atoms in total. The quantitative estimate of drug-likeness (QED) is 0.688. The average Bonchev–Trinajstić information content (AvgIpc) is 2.73. The van der Waals surface area contributed by atoms with Crippen LogP contribution in [0.5, 0.6) is 0 Å². The van der Waals surface area contributed by atoms with Gasteiger partial charge in [0.2, 0.25) is 0 Å². The highest BCUT2D eigenvalue weighted by atomic mass is 35.5. The standard InChI is InChI=1S/C15H15N3.ClH/c1-10-4-3-5-13(6-10)18-15-8-14(16)11(2)7-12(15)9-17-18;/h3-9H,16H2,1-2H3;1H. The summed E-state index contributed by atoms with van der Waals surface area (Å²) in [5.41, 5.74) is 11.2. The zero-order valence-electron chi connectivity index (χ0n) is 10.9. The van der Waals surface area contributed by atoms with E-state index in [2.05, 4.69) is 36.3 Å². The third-order valence-electron chi connectivity index (χ3n) is 3.20. The number of rotatable bonds is 1. The third-order valence-corrected chi connectivity index (χ3v) is 3.20. The summed E-state index contributed by atoms with van der Waals surface area (Å²) in [7, 11) is 0. The Morgan fingerprint density at radius 2 is 1.89 bits per heavy atom. The van der Waals surface area contributed by atoms with E-state index in [-0.39, 0.29) is 12.4 Å². The summed E-state index contributed by atoms with van der Waals surface area (Å²) in [5, 5.41) is 5.56. The fourth-order valence-electron chi connectivity index (χ4n) is 2.17. The molecule has 0 atom stereocenters. The van der Waals surface area contributed by atoms with Gasteiger partial charge >= 0.3 is 0 Å². The zero-order chi connectivity index (χ0) is 12.7. The first-order chi connectivity index (χ1) is 8.65. The number of anilines is 1. The first-order valence-electron chi connectivity index (χ1n) is 5.96. The molecule has 0 aliphatic carbocycles. The van der Waals surface area contributed by atoms with E-state index in [9.17, 15) is 0 Å². The van der Waals surface area contributed by atoms with Crippen LogP contribution in [0.4, 0.5) is 5.69 Å². The van der Waals surface area contributed by atoms with Crippen molar-refractivity contribution in [1.29, 1.82) is 0 Å². The maximum absolute atomic E-state index is 5.98. The summed E-state index contributed by atoms with van der Waals surface area (Å²) in [6, 6.07) is 12.3. The predicted molar refractivity (Wildman–Crippen MR) is 82.2 cm³/mol. The molecule has 0 saturated heterocycles. The number of halogens is 1. The fraction of sp³-hybridized carbons (Fsp3) is 0.133. The second kappa shape index (κ2) is 4.94. The molecule has 19 heavy (non-hydrogen) atoms. The molecule has 0 amide bonds. The van der Waals surface area contributed by atoms with Gasteiger partial charge in [-0.2, -0.15) is 5.10 Å². The Balaban J connectivity index is 0.00000133. The van der Waals surface area contributed by atoms with E-state index in [0.717, 1.165) is 27.8 Å². The first kappa shape index (κ1) is 13.4. The number of aromatic nitrogens is 2. The van der Waals surface area contributed by atoms with Crippen LogP contribution in [0.3, 0.4) is 0 Å². The Hall–Kier alpha value is -2.00. The van der Waals surface area contributed by atoms with Crippen molar-refractivity contribution in [2.24, 2.45) is 0 Å². The average molecular weight is 274 g/mol. The van der Waals surface area contributed by atoms with E-state index in [0.29, 0.717) is 0 Å². The predicted octanol–water partition coefficient (Wildman–Crippen LogP) is 3.65. The molecule has 0 aliphatic heterocycles. The van der Waals surface area contributed by atoms with E-state index in [1.807, 2.05) is 29.9 Å². The highest BCUT2D eigenvalue weighted by Crippen LogP contribution is 2.23. The van der Waals surface area contributed by atoms with Crippen molar-refractivity contribution < 1.29 is 0 Å². The van der Waals surface area contributed by atoms with Crippen molar-refractivity contribution in [3.05, 3.63) is 53.7 Å². The van der Waals surface area contributed by atoms with Gasteiger partial charge in [-0.1, -0.05) is 12.1 Å². The lowest BCUT2D eigenvalue weighted by Crippen LogP contribution is -1.97. The van der Waals surface area contributed by atoms with Crippen LogP contribution in [0.15, 0.2) is 42.6 Å². The van der Waals surface area contributed by atoms with E-state index >= 15 is 0 Å². The van der Waals surface area contributed by atoms with Gasteiger partial charge in [-0.3, -0.25) is 0 Å². The lowest BCUT2D eigenvalue weighted by Gasteiger charge is -2.06. The van der Waals surface area contributed by atoms with Crippen LogP contribution in [0.1, 0.15) is 11.1 Å². The van der Waals surface area contributed by atoms with Crippen LogP contribution in [0.25, 0.3) is 16.6 Å². The zero-order valence-corrected chi connectivity index (χ0v) is 11.7. The van der Waals surface area contributed by atoms with E-state index in [4.69, 9.17) is 5.73 Å². The van der Waals surface area contributed by atoms with E-state index < -0.39 is 0 Å². The van der Waals surface area contributed by atoms with Crippen LogP contribution >= 0.6 is 12.4 Å². The lowest BCUT2D eigenvalue weighted by atomic mass is 10.1. The van der Waals surface area contributed by atoms with Crippen molar-refractivity contribution >= 4 is 29.0 Å². The molecule has 0 unspecified atom stereocenters. The van der Waals surface area contributed by atoms with Crippen molar-refractivity contribution in [3.63, 3.8) is 0 Å². The minimum absolute atomic E-state index is 0. The van der Waals surface area contributed by atoms with Crippen molar-refractivity contribution in [2.75, 3.05) is 5.73 Å². The molecule has 0 saturated carbocycles. The molecule has 0 aliphatic rings. The summed E-state index contributed by atoms with van der Waals surface area (Å²) in [4.78, 5) is 0. The van der Waals surface area contributed by atoms with E-state index in [1.54, 1.807) is 0 Å². The molecule has 0 radical (unpaired) electrons. The Morgan fingerprint density at radius 3 is 2.63 bits per heavy atom. The van der Waals surface area contributed by atoms with Gasteiger partial charge in [-0.05, 0) is 49.2 Å². The highest BCUT2D eigenvalue weighted by molar-refractivity contribution is 5.85. The fourth-order valence-corrected chi connectivity index (χ4v) is 2.17. The van der Waals surface area contributed by atoms with Crippen LogP contribution < -0.4 is 5.73 Å². The second-order valence-electron chi connectivity index (χ2n) is 4.66.